The van der Waals surface area contributed by atoms with Crippen molar-refractivity contribution in [3.8, 4) is 45.5 Å². The standard InChI is InChI=1S/C63H37N5O/c1-2-21-42(22-3-1)67-54-30-12-10-25-45(54)47-27-15-29-51(58(47)67)62-64-61(50-28-14-20-38-16-6-8-23-43(38)50)65-63(66-62)52-35-34-49-46-26-11-13-31-56(46)69-60(49)59(52)68-55-37-41-19-5-4-18-40(41)36-53(55)48-33-32-39-17-7-9-24-44(39)57(48)68/h1-37H. The minimum Gasteiger partial charge on any atom is -0.454 e. The lowest BCUT2D eigenvalue weighted by Crippen LogP contribution is -2.05. The molecule has 0 unspecified atom stereocenters. The third kappa shape index (κ3) is 5.57. The summed E-state index contributed by atoms with van der Waals surface area (Å²) in [5, 5.41) is 13.4. The van der Waals surface area contributed by atoms with Gasteiger partial charge in [-0.15, -0.1) is 0 Å². The van der Waals surface area contributed by atoms with Crippen molar-refractivity contribution in [1.29, 1.82) is 0 Å². The van der Waals surface area contributed by atoms with Gasteiger partial charge in [-0.2, -0.15) is 0 Å². The Balaban J connectivity index is 1.12. The number of hydrogen-bond acceptors (Lipinski definition) is 4. The van der Waals surface area contributed by atoms with Crippen LogP contribution in [0.2, 0.25) is 0 Å². The molecule has 0 saturated carbocycles. The molecule has 0 radical (unpaired) electrons. The van der Waals surface area contributed by atoms with Crippen molar-refractivity contribution >= 4 is 97.9 Å². The van der Waals surface area contributed by atoms with Gasteiger partial charge in [-0.1, -0.05) is 170 Å². The first-order chi connectivity index (χ1) is 34.2. The molecule has 0 spiro atoms. The molecule has 4 heterocycles. The van der Waals surface area contributed by atoms with Crippen LogP contribution in [0.3, 0.4) is 0 Å². The third-order valence-corrected chi connectivity index (χ3v) is 14.1. The van der Waals surface area contributed by atoms with Crippen LogP contribution in [0.5, 0.6) is 0 Å². The zero-order valence-electron chi connectivity index (χ0n) is 37.0. The summed E-state index contributed by atoms with van der Waals surface area (Å²) in [6.07, 6.45) is 0. The van der Waals surface area contributed by atoms with Crippen LogP contribution in [-0.2, 0) is 0 Å². The number of furan rings is 1. The summed E-state index contributed by atoms with van der Waals surface area (Å²) in [5.41, 5.74) is 10.4. The maximum Gasteiger partial charge on any atom is 0.166 e. The van der Waals surface area contributed by atoms with Gasteiger partial charge >= 0.3 is 0 Å². The van der Waals surface area contributed by atoms with E-state index in [-0.39, 0.29) is 0 Å². The fourth-order valence-corrected chi connectivity index (χ4v) is 11.1. The highest BCUT2D eigenvalue weighted by Crippen LogP contribution is 2.46. The molecule has 0 amide bonds. The van der Waals surface area contributed by atoms with Crippen molar-refractivity contribution in [2.24, 2.45) is 0 Å². The summed E-state index contributed by atoms with van der Waals surface area (Å²) in [4.78, 5) is 16.7. The van der Waals surface area contributed by atoms with Gasteiger partial charge in [0.05, 0.1) is 22.1 Å². The summed E-state index contributed by atoms with van der Waals surface area (Å²) in [7, 11) is 0. The molecule has 0 aliphatic carbocycles. The predicted molar refractivity (Wildman–Crippen MR) is 285 cm³/mol. The first-order valence-corrected chi connectivity index (χ1v) is 23.4. The lowest BCUT2D eigenvalue weighted by Gasteiger charge is -2.17. The van der Waals surface area contributed by atoms with E-state index < -0.39 is 0 Å². The Morgan fingerprint density at radius 1 is 0.304 bits per heavy atom. The number of hydrogen-bond donors (Lipinski definition) is 0. The lowest BCUT2D eigenvalue weighted by atomic mass is 10.0. The van der Waals surface area contributed by atoms with Gasteiger partial charge in [-0.25, -0.2) is 15.0 Å². The maximum atomic E-state index is 7.12. The molecule has 15 rings (SSSR count). The maximum absolute atomic E-state index is 7.12. The van der Waals surface area contributed by atoms with E-state index in [0.29, 0.717) is 17.5 Å². The van der Waals surface area contributed by atoms with Gasteiger partial charge in [-0.05, 0) is 81.5 Å². The van der Waals surface area contributed by atoms with E-state index in [4.69, 9.17) is 19.4 Å². The summed E-state index contributed by atoms with van der Waals surface area (Å²) in [6.45, 7) is 0. The van der Waals surface area contributed by atoms with Gasteiger partial charge < -0.3 is 13.6 Å². The molecule has 0 atom stereocenters. The first kappa shape index (κ1) is 37.8. The Hall–Kier alpha value is -9.39. The van der Waals surface area contributed by atoms with Crippen LogP contribution in [0.1, 0.15) is 0 Å². The molecule has 6 heteroatoms. The largest absolute Gasteiger partial charge is 0.454 e. The molecule has 0 fully saturated rings. The zero-order chi connectivity index (χ0) is 45.2. The monoisotopic (exact) mass is 879 g/mol. The van der Waals surface area contributed by atoms with Gasteiger partial charge in [-0.3, -0.25) is 0 Å². The predicted octanol–water partition coefficient (Wildman–Crippen LogP) is 16.4. The van der Waals surface area contributed by atoms with E-state index in [9.17, 15) is 0 Å². The summed E-state index contributed by atoms with van der Waals surface area (Å²) < 4.78 is 11.9. The SMILES string of the molecule is c1ccc(-n2c3ccccc3c3cccc(-c4nc(-c5ccc6c(oc7ccccc76)c5-n5c6cc7ccccc7cc6c6ccc7ccccc7c65)nc(-c5cccc6ccccc56)n4)c32)cc1. The van der Waals surface area contributed by atoms with Gasteiger partial charge in [0.1, 0.15) is 11.3 Å². The average Bonchev–Trinajstić information content (AvgIpc) is 4.08. The number of aromatic nitrogens is 5. The number of fused-ring (bicyclic) bond motifs is 13. The fourth-order valence-electron chi connectivity index (χ4n) is 11.1. The van der Waals surface area contributed by atoms with Gasteiger partial charge in [0.25, 0.3) is 0 Å². The Morgan fingerprint density at radius 2 is 0.870 bits per heavy atom. The zero-order valence-corrected chi connectivity index (χ0v) is 37.0. The number of rotatable bonds is 5. The number of para-hydroxylation sites is 4. The molecule has 69 heavy (non-hydrogen) atoms. The highest BCUT2D eigenvalue weighted by molar-refractivity contribution is 6.22. The Kier molecular flexibility index (Phi) is 7.97. The molecule has 0 aliphatic rings. The second kappa shape index (κ2) is 14.6. The van der Waals surface area contributed by atoms with Crippen LogP contribution in [0, 0.1) is 0 Å². The van der Waals surface area contributed by atoms with Crippen LogP contribution in [0.4, 0.5) is 0 Å². The molecule has 0 aliphatic heterocycles. The van der Waals surface area contributed by atoms with Crippen molar-refractivity contribution in [3.05, 3.63) is 224 Å². The Labute approximate surface area is 394 Å². The van der Waals surface area contributed by atoms with E-state index in [1.165, 1.54) is 5.39 Å². The minimum absolute atomic E-state index is 0.538. The number of benzene rings is 11. The molecule has 0 N–H and O–H groups in total. The molecule has 0 saturated heterocycles. The van der Waals surface area contributed by atoms with Crippen molar-refractivity contribution in [3.63, 3.8) is 0 Å². The van der Waals surface area contributed by atoms with Crippen LogP contribution in [-0.4, -0.2) is 24.1 Å². The highest BCUT2D eigenvalue weighted by atomic mass is 16.3. The van der Waals surface area contributed by atoms with E-state index >= 15 is 0 Å². The second-order valence-corrected chi connectivity index (χ2v) is 17.9. The van der Waals surface area contributed by atoms with Crippen molar-refractivity contribution in [2.75, 3.05) is 0 Å². The lowest BCUT2D eigenvalue weighted by molar-refractivity contribution is 0.666. The average molecular weight is 880 g/mol. The first-order valence-electron chi connectivity index (χ1n) is 23.4. The molecule has 15 aromatic rings. The normalized spacial score (nSPS) is 12.1. The van der Waals surface area contributed by atoms with Crippen LogP contribution in [0.15, 0.2) is 229 Å². The summed E-state index contributed by atoms with van der Waals surface area (Å²) in [6, 6.07) is 79.6. The third-order valence-electron chi connectivity index (χ3n) is 14.1. The molecule has 6 nitrogen and oxygen atoms in total. The topological polar surface area (TPSA) is 61.7 Å². The smallest absolute Gasteiger partial charge is 0.166 e. The second-order valence-electron chi connectivity index (χ2n) is 17.9. The van der Waals surface area contributed by atoms with E-state index in [0.717, 1.165) is 121 Å². The highest BCUT2D eigenvalue weighted by Gasteiger charge is 2.27. The number of nitrogens with zero attached hydrogens (tertiary/aromatic N) is 5. The van der Waals surface area contributed by atoms with Crippen LogP contribution >= 0.6 is 0 Å². The van der Waals surface area contributed by atoms with Gasteiger partial charge in [0.2, 0.25) is 0 Å². The molecule has 0 bridgehead atoms. The van der Waals surface area contributed by atoms with E-state index in [2.05, 4.69) is 228 Å². The minimum atomic E-state index is 0.538. The summed E-state index contributed by atoms with van der Waals surface area (Å²) >= 11 is 0. The molecular weight excluding hydrogens is 843 g/mol. The van der Waals surface area contributed by atoms with E-state index in [1.807, 2.05) is 6.07 Å². The van der Waals surface area contributed by atoms with Crippen LogP contribution in [0.25, 0.3) is 143 Å². The van der Waals surface area contributed by atoms with Crippen LogP contribution < -0.4 is 0 Å². The van der Waals surface area contributed by atoms with Crippen molar-refractivity contribution < 1.29 is 4.42 Å². The van der Waals surface area contributed by atoms with Crippen molar-refractivity contribution in [2.45, 2.75) is 0 Å². The Bertz CT molecular complexity index is 4610. The molecule has 11 aromatic carbocycles. The van der Waals surface area contributed by atoms with Gasteiger partial charge in [0, 0.05) is 60.1 Å². The quantitative estimate of drug-likeness (QED) is 0.173. The molecule has 320 valence electrons. The van der Waals surface area contributed by atoms with Gasteiger partial charge in [0.15, 0.2) is 23.1 Å². The molecular formula is C63H37N5O. The fraction of sp³-hybridized carbons (Fsp3) is 0. The molecule has 4 aromatic heterocycles. The van der Waals surface area contributed by atoms with E-state index in [1.54, 1.807) is 0 Å². The summed E-state index contributed by atoms with van der Waals surface area (Å²) in [5.74, 6) is 1.69. The Morgan fingerprint density at radius 3 is 1.70 bits per heavy atom. The van der Waals surface area contributed by atoms with Crippen molar-refractivity contribution in [1.82, 2.24) is 24.1 Å².